The molecule has 0 atom stereocenters. The standard InChI is InChI=1S/C28H32N2O4/c1-20(2)25-12-11-24(16-21(25)3)34-19-28(31)30-29-18-23-10-13-26(27(17-23)32-4)33-15-14-22-8-6-5-7-9-22/h5-13,16-18,20H,14-15,19H2,1-4H3,(H,30,31)/b29-18+. The summed E-state index contributed by atoms with van der Waals surface area (Å²) in [5.74, 6) is 2.03. The highest BCUT2D eigenvalue weighted by Crippen LogP contribution is 2.28. The molecular weight excluding hydrogens is 428 g/mol. The minimum Gasteiger partial charge on any atom is -0.493 e. The van der Waals surface area contributed by atoms with Gasteiger partial charge in [0.1, 0.15) is 5.75 Å². The van der Waals surface area contributed by atoms with Crippen molar-refractivity contribution in [2.45, 2.75) is 33.1 Å². The van der Waals surface area contributed by atoms with Gasteiger partial charge in [-0.05, 0) is 65.4 Å². The minimum atomic E-state index is -0.338. The van der Waals surface area contributed by atoms with Crippen molar-refractivity contribution < 1.29 is 19.0 Å². The summed E-state index contributed by atoms with van der Waals surface area (Å²) in [4.78, 5) is 12.1. The summed E-state index contributed by atoms with van der Waals surface area (Å²) in [5.41, 5.74) is 6.88. The number of ether oxygens (including phenoxy) is 3. The molecule has 0 heterocycles. The first kappa shape index (κ1) is 24.8. The van der Waals surface area contributed by atoms with Crippen molar-refractivity contribution in [1.82, 2.24) is 5.43 Å². The molecule has 3 rings (SSSR count). The number of hydrogen-bond donors (Lipinski definition) is 1. The summed E-state index contributed by atoms with van der Waals surface area (Å²) in [6.07, 6.45) is 2.36. The molecule has 0 bridgehead atoms. The van der Waals surface area contributed by atoms with E-state index in [0.717, 1.165) is 17.5 Å². The van der Waals surface area contributed by atoms with E-state index in [9.17, 15) is 4.79 Å². The number of hydrogen-bond acceptors (Lipinski definition) is 5. The summed E-state index contributed by atoms with van der Waals surface area (Å²) < 4.78 is 16.9. The quantitative estimate of drug-likeness (QED) is 0.312. The second-order valence-electron chi connectivity index (χ2n) is 8.25. The SMILES string of the molecule is COc1cc(/C=N/NC(=O)COc2ccc(C(C)C)c(C)c2)ccc1OCCc1ccccc1. The van der Waals surface area contributed by atoms with E-state index in [0.29, 0.717) is 29.8 Å². The predicted octanol–water partition coefficient (Wildman–Crippen LogP) is 5.28. The zero-order valence-corrected chi connectivity index (χ0v) is 20.2. The number of nitrogens with one attached hydrogen (secondary N) is 1. The normalized spacial score (nSPS) is 11.0. The largest absolute Gasteiger partial charge is 0.493 e. The highest BCUT2D eigenvalue weighted by atomic mass is 16.5. The molecule has 178 valence electrons. The van der Waals surface area contributed by atoms with Gasteiger partial charge in [-0.2, -0.15) is 5.10 Å². The Labute approximate surface area is 201 Å². The Morgan fingerprint density at radius 1 is 1.00 bits per heavy atom. The van der Waals surface area contributed by atoms with Crippen molar-refractivity contribution >= 4 is 12.1 Å². The molecule has 0 aliphatic heterocycles. The summed E-state index contributed by atoms with van der Waals surface area (Å²) in [6, 6.07) is 21.5. The lowest BCUT2D eigenvalue weighted by Crippen LogP contribution is -2.24. The van der Waals surface area contributed by atoms with Crippen molar-refractivity contribution in [3.63, 3.8) is 0 Å². The average molecular weight is 461 g/mol. The molecule has 0 radical (unpaired) electrons. The van der Waals surface area contributed by atoms with Crippen molar-refractivity contribution in [1.29, 1.82) is 0 Å². The lowest BCUT2D eigenvalue weighted by Gasteiger charge is -2.12. The van der Waals surface area contributed by atoms with Crippen LogP contribution in [0.4, 0.5) is 0 Å². The summed E-state index contributed by atoms with van der Waals surface area (Å²) >= 11 is 0. The zero-order chi connectivity index (χ0) is 24.3. The molecule has 0 unspecified atom stereocenters. The number of methoxy groups -OCH3 is 1. The highest BCUT2D eigenvalue weighted by Gasteiger charge is 2.08. The third kappa shape index (κ3) is 7.37. The van der Waals surface area contributed by atoms with Gasteiger partial charge in [-0.1, -0.05) is 50.2 Å². The topological polar surface area (TPSA) is 69.2 Å². The van der Waals surface area contributed by atoms with Gasteiger partial charge in [0.15, 0.2) is 18.1 Å². The lowest BCUT2D eigenvalue weighted by molar-refractivity contribution is -0.123. The van der Waals surface area contributed by atoms with Crippen LogP contribution in [0.3, 0.4) is 0 Å². The summed E-state index contributed by atoms with van der Waals surface area (Å²) in [5, 5.41) is 4.01. The summed E-state index contributed by atoms with van der Waals surface area (Å²) in [7, 11) is 1.59. The molecule has 0 aliphatic rings. The first-order valence-electron chi connectivity index (χ1n) is 11.4. The Balaban J connectivity index is 1.48. The number of carbonyl (C=O) groups is 1. The lowest BCUT2D eigenvalue weighted by atomic mass is 9.98. The molecule has 0 aliphatic carbocycles. The average Bonchev–Trinajstić information content (AvgIpc) is 2.84. The highest BCUT2D eigenvalue weighted by molar-refractivity contribution is 5.83. The van der Waals surface area contributed by atoms with E-state index in [-0.39, 0.29) is 12.5 Å². The van der Waals surface area contributed by atoms with Crippen LogP contribution in [0, 0.1) is 6.92 Å². The number of carbonyl (C=O) groups excluding carboxylic acids is 1. The molecule has 34 heavy (non-hydrogen) atoms. The fourth-order valence-electron chi connectivity index (χ4n) is 3.55. The van der Waals surface area contributed by atoms with E-state index < -0.39 is 0 Å². The first-order chi connectivity index (χ1) is 16.5. The van der Waals surface area contributed by atoms with Crippen LogP contribution in [0.1, 0.15) is 42.0 Å². The Morgan fingerprint density at radius 2 is 1.79 bits per heavy atom. The molecule has 1 amide bonds. The van der Waals surface area contributed by atoms with Crippen LogP contribution >= 0.6 is 0 Å². The molecule has 0 spiro atoms. The molecule has 6 heteroatoms. The molecule has 0 saturated heterocycles. The van der Waals surface area contributed by atoms with Crippen LogP contribution in [0.5, 0.6) is 17.2 Å². The molecule has 6 nitrogen and oxygen atoms in total. The van der Waals surface area contributed by atoms with Crippen LogP contribution in [0.15, 0.2) is 71.8 Å². The Kier molecular flexibility index (Phi) is 9.09. The van der Waals surface area contributed by atoms with E-state index in [2.05, 4.69) is 36.5 Å². The van der Waals surface area contributed by atoms with E-state index in [1.807, 2.05) is 61.5 Å². The maximum atomic E-state index is 12.1. The fourth-order valence-corrected chi connectivity index (χ4v) is 3.55. The maximum Gasteiger partial charge on any atom is 0.277 e. The third-order valence-corrected chi connectivity index (χ3v) is 5.31. The number of benzene rings is 3. The number of rotatable bonds is 11. The van der Waals surface area contributed by atoms with Gasteiger partial charge in [-0.25, -0.2) is 5.43 Å². The van der Waals surface area contributed by atoms with E-state index in [1.54, 1.807) is 13.3 Å². The summed E-state index contributed by atoms with van der Waals surface area (Å²) in [6.45, 7) is 6.77. The number of aryl methyl sites for hydroxylation is 1. The second-order valence-corrected chi connectivity index (χ2v) is 8.25. The van der Waals surface area contributed by atoms with Crippen LogP contribution in [0.25, 0.3) is 0 Å². The van der Waals surface area contributed by atoms with Gasteiger partial charge in [0, 0.05) is 6.42 Å². The van der Waals surface area contributed by atoms with Gasteiger partial charge in [0.2, 0.25) is 0 Å². The molecule has 3 aromatic carbocycles. The predicted molar refractivity (Wildman–Crippen MR) is 135 cm³/mol. The van der Waals surface area contributed by atoms with E-state index in [1.165, 1.54) is 11.1 Å². The smallest absolute Gasteiger partial charge is 0.277 e. The number of hydrazone groups is 1. The minimum absolute atomic E-state index is 0.116. The monoisotopic (exact) mass is 460 g/mol. The van der Waals surface area contributed by atoms with Gasteiger partial charge in [0.05, 0.1) is 19.9 Å². The van der Waals surface area contributed by atoms with Crippen molar-refractivity contribution in [2.75, 3.05) is 20.3 Å². The van der Waals surface area contributed by atoms with Gasteiger partial charge in [0.25, 0.3) is 5.91 Å². The second kappa shape index (κ2) is 12.4. The molecule has 0 saturated carbocycles. The van der Waals surface area contributed by atoms with E-state index >= 15 is 0 Å². The third-order valence-electron chi connectivity index (χ3n) is 5.31. The molecule has 1 N–H and O–H groups in total. The van der Waals surface area contributed by atoms with Crippen LogP contribution in [0.2, 0.25) is 0 Å². The molecular formula is C28H32N2O4. The zero-order valence-electron chi connectivity index (χ0n) is 20.2. The molecule has 3 aromatic rings. The fraction of sp³-hybridized carbons (Fsp3) is 0.286. The van der Waals surface area contributed by atoms with E-state index in [4.69, 9.17) is 14.2 Å². The van der Waals surface area contributed by atoms with Gasteiger partial charge < -0.3 is 14.2 Å². The number of amides is 1. The van der Waals surface area contributed by atoms with Crippen LogP contribution in [-0.4, -0.2) is 32.4 Å². The van der Waals surface area contributed by atoms with Crippen molar-refractivity contribution in [2.24, 2.45) is 5.10 Å². The van der Waals surface area contributed by atoms with Crippen molar-refractivity contribution in [3.05, 3.63) is 89.0 Å². The van der Waals surface area contributed by atoms with Gasteiger partial charge in [-0.3, -0.25) is 4.79 Å². The van der Waals surface area contributed by atoms with Gasteiger partial charge in [-0.15, -0.1) is 0 Å². The Morgan fingerprint density at radius 3 is 2.50 bits per heavy atom. The Hall–Kier alpha value is -3.80. The molecule has 0 fully saturated rings. The van der Waals surface area contributed by atoms with Gasteiger partial charge >= 0.3 is 0 Å². The number of nitrogens with zero attached hydrogens (tertiary/aromatic N) is 1. The Bertz CT molecular complexity index is 1110. The van der Waals surface area contributed by atoms with Crippen molar-refractivity contribution in [3.8, 4) is 17.2 Å². The van der Waals surface area contributed by atoms with Crippen LogP contribution < -0.4 is 19.6 Å². The molecule has 0 aromatic heterocycles. The van der Waals surface area contributed by atoms with Crippen LogP contribution in [-0.2, 0) is 11.2 Å². The maximum absolute atomic E-state index is 12.1. The first-order valence-corrected chi connectivity index (χ1v) is 11.4.